The van der Waals surface area contributed by atoms with Crippen molar-refractivity contribution < 1.29 is 14.9 Å². The van der Waals surface area contributed by atoms with Crippen LogP contribution < -0.4 is 15.4 Å². The zero-order valence-corrected chi connectivity index (χ0v) is 9.84. The van der Waals surface area contributed by atoms with E-state index in [1.807, 2.05) is 13.0 Å². The highest BCUT2D eigenvalue weighted by Gasteiger charge is 2.43. The number of nitrogens with one attached hydrogen (secondary N) is 2. The molecule has 0 bridgehead atoms. The maximum atomic E-state index is 9.85. The first-order chi connectivity index (χ1) is 8.06. The van der Waals surface area contributed by atoms with Crippen LogP contribution >= 0.6 is 0 Å². The molecule has 1 fully saturated rings. The van der Waals surface area contributed by atoms with Crippen molar-refractivity contribution in [2.45, 2.75) is 32.0 Å². The van der Waals surface area contributed by atoms with Crippen LogP contribution in [0.15, 0.2) is 18.3 Å². The van der Waals surface area contributed by atoms with Crippen LogP contribution in [-0.2, 0) is 5.54 Å². The van der Waals surface area contributed by atoms with Crippen LogP contribution in [0.3, 0.4) is 0 Å². The Morgan fingerprint density at radius 3 is 2.71 bits per heavy atom. The smallest absolute Gasteiger partial charge is 0.213 e. The van der Waals surface area contributed by atoms with Crippen LogP contribution in [0.4, 0.5) is 0 Å². The van der Waals surface area contributed by atoms with E-state index < -0.39 is 18.1 Å². The van der Waals surface area contributed by atoms with Crippen LogP contribution in [-0.4, -0.2) is 34.4 Å². The topological polar surface area (TPSA) is 86.6 Å². The van der Waals surface area contributed by atoms with Gasteiger partial charge >= 0.3 is 0 Å². The Hall–Kier alpha value is -1.21. The summed E-state index contributed by atoms with van der Waals surface area (Å²) in [5, 5.41) is 24.7. The van der Waals surface area contributed by atoms with Crippen LogP contribution in [0.5, 0.6) is 5.88 Å². The minimum Gasteiger partial charge on any atom is -0.478 e. The molecule has 0 saturated carbocycles. The van der Waals surface area contributed by atoms with Crippen molar-refractivity contribution in [2.24, 2.45) is 0 Å². The van der Waals surface area contributed by atoms with Crippen molar-refractivity contribution in [2.75, 3.05) is 6.61 Å². The van der Waals surface area contributed by atoms with Crippen LogP contribution in [0.2, 0.25) is 0 Å². The third-order valence-corrected chi connectivity index (χ3v) is 2.93. The molecule has 17 heavy (non-hydrogen) atoms. The first kappa shape index (κ1) is 12.3. The molecule has 2 heterocycles. The van der Waals surface area contributed by atoms with Crippen molar-refractivity contribution >= 4 is 0 Å². The molecule has 0 amide bonds. The van der Waals surface area contributed by atoms with Crippen LogP contribution in [0.25, 0.3) is 0 Å². The molecule has 1 saturated heterocycles. The van der Waals surface area contributed by atoms with E-state index >= 15 is 0 Å². The van der Waals surface area contributed by atoms with Crippen molar-refractivity contribution in [1.29, 1.82) is 0 Å². The maximum Gasteiger partial charge on any atom is 0.213 e. The van der Waals surface area contributed by atoms with Gasteiger partial charge in [0.25, 0.3) is 0 Å². The lowest BCUT2D eigenvalue weighted by atomic mass is 9.93. The predicted octanol–water partition coefficient (Wildman–Crippen LogP) is -0.517. The summed E-state index contributed by atoms with van der Waals surface area (Å²) < 4.78 is 5.25. The molecular weight excluding hydrogens is 222 g/mol. The Morgan fingerprint density at radius 1 is 1.47 bits per heavy atom. The Kier molecular flexibility index (Phi) is 3.30. The molecule has 0 spiro atoms. The fourth-order valence-electron chi connectivity index (χ4n) is 1.88. The van der Waals surface area contributed by atoms with Gasteiger partial charge in [0.2, 0.25) is 5.88 Å². The fourth-order valence-corrected chi connectivity index (χ4v) is 1.88. The van der Waals surface area contributed by atoms with E-state index in [1.165, 1.54) is 0 Å². The zero-order valence-electron chi connectivity index (χ0n) is 9.84. The molecule has 4 N–H and O–H groups in total. The second-order valence-electron chi connectivity index (χ2n) is 4.14. The Balaban J connectivity index is 2.22. The maximum absolute atomic E-state index is 9.85. The number of nitrogens with zero attached hydrogens (tertiary/aromatic N) is 1. The summed E-state index contributed by atoms with van der Waals surface area (Å²) in [6.07, 6.45) is -0.181. The average Bonchev–Trinajstić information content (AvgIpc) is 2.55. The van der Waals surface area contributed by atoms with Gasteiger partial charge in [-0.25, -0.2) is 4.98 Å². The van der Waals surface area contributed by atoms with E-state index in [0.29, 0.717) is 12.5 Å². The van der Waals surface area contributed by atoms with Gasteiger partial charge in [-0.2, -0.15) is 0 Å². The zero-order chi connectivity index (χ0) is 12.5. The van der Waals surface area contributed by atoms with Crippen LogP contribution in [0, 0.1) is 0 Å². The Labute approximate surface area is 99.6 Å². The molecule has 1 aliphatic rings. The normalized spacial score (nSPS) is 32.7. The lowest BCUT2D eigenvalue weighted by molar-refractivity contribution is 0.0770. The first-order valence-corrected chi connectivity index (χ1v) is 5.55. The quantitative estimate of drug-likeness (QED) is 0.568. The highest BCUT2D eigenvalue weighted by atomic mass is 16.5. The van der Waals surface area contributed by atoms with Gasteiger partial charge in [0.05, 0.1) is 12.1 Å². The van der Waals surface area contributed by atoms with Crippen molar-refractivity contribution in [3.63, 3.8) is 0 Å². The number of aromatic nitrogens is 1. The van der Waals surface area contributed by atoms with Crippen molar-refractivity contribution in [1.82, 2.24) is 15.6 Å². The second-order valence-corrected chi connectivity index (χ2v) is 4.14. The molecule has 1 aromatic heterocycles. The third-order valence-electron chi connectivity index (χ3n) is 2.93. The van der Waals surface area contributed by atoms with E-state index in [1.54, 1.807) is 19.2 Å². The number of ether oxygens (including phenoxy) is 1. The molecule has 0 aromatic carbocycles. The third kappa shape index (κ3) is 2.25. The first-order valence-electron chi connectivity index (χ1n) is 5.55. The summed E-state index contributed by atoms with van der Waals surface area (Å²) >= 11 is 0. The van der Waals surface area contributed by atoms with Crippen LogP contribution in [0.1, 0.15) is 19.4 Å². The van der Waals surface area contributed by atoms with Gasteiger partial charge in [0, 0.05) is 12.3 Å². The Bertz CT molecular complexity index is 384. The van der Waals surface area contributed by atoms with E-state index in [-0.39, 0.29) is 0 Å². The minimum atomic E-state index is -0.929. The summed E-state index contributed by atoms with van der Waals surface area (Å²) in [5.41, 5.74) is 0.00876. The number of pyridine rings is 1. The molecule has 1 aromatic rings. The van der Waals surface area contributed by atoms with Gasteiger partial charge in [-0.3, -0.25) is 10.6 Å². The molecule has 0 radical (unpaired) electrons. The largest absolute Gasteiger partial charge is 0.478 e. The summed E-state index contributed by atoms with van der Waals surface area (Å²) in [4.78, 5) is 4.13. The highest BCUT2D eigenvalue weighted by molar-refractivity contribution is 5.27. The summed E-state index contributed by atoms with van der Waals surface area (Å²) in [6.45, 7) is 4.24. The highest BCUT2D eigenvalue weighted by Crippen LogP contribution is 2.28. The number of hydrogen-bond donors (Lipinski definition) is 4. The molecule has 6 nitrogen and oxygen atoms in total. The number of rotatable bonds is 3. The molecular formula is C11H17N3O3. The number of aliphatic hydroxyl groups excluding tert-OH is 2. The predicted molar refractivity (Wildman–Crippen MR) is 61.0 cm³/mol. The van der Waals surface area contributed by atoms with E-state index in [0.717, 1.165) is 5.56 Å². The molecule has 3 unspecified atom stereocenters. The monoisotopic (exact) mass is 239 g/mol. The summed E-state index contributed by atoms with van der Waals surface area (Å²) in [7, 11) is 0. The van der Waals surface area contributed by atoms with Gasteiger partial charge in [-0.15, -0.1) is 0 Å². The molecule has 6 heteroatoms. The van der Waals surface area contributed by atoms with Gasteiger partial charge in [-0.05, 0) is 19.4 Å². The fraction of sp³-hybridized carbons (Fsp3) is 0.545. The van der Waals surface area contributed by atoms with Crippen molar-refractivity contribution in [3.05, 3.63) is 23.9 Å². The van der Waals surface area contributed by atoms with E-state index in [9.17, 15) is 10.2 Å². The SMILES string of the molecule is CCOc1ccc(C2(C)NC(O)NC2O)cn1. The molecule has 1 aliphatic heterocycles. The number of aliphatic hydroxyl groups is 2. The number of hydrogen-bond acceptors (Lipinski definition) is 6. The second kappa shape index (κ2) is 4.58. The van der Waals surface area contributed by atoms with Gasteiger partial charge in [0.15, 0.2) is 6.35 Å². The van der Waals surface area contributed by atoms with E-state index in [2.05, 4.69) is 15.6 Å². The standard InChI is InChI=1S/C11H17N3O3/c1-3-17-8-5-4-7(6-12-8)11(2)9(15)13-10(16)14-11/h4-6,9-10,13-16H,3H2,1-2H3. The molecule has 94 valence electrons. The minimum absolute atomic E-state index is 0.542. The summed E-state index contributed by atoms with van der Waals surface area (Å²) in [6, 6.07) is 3.55. The van der Waals surface area contributed by atoms with Gasteiger partial charge < -0.3 is 14.9 Å². The average molecular weight is 239 g/mol. The molecule has 2 rings (SSSR count). The lowest BCUT2D eigenvalue weighted by Gasteiger charge is -2.27. The van der Waals surface area contributed by atoms with E-state index in [4.69, 9.17) is 4.74 Å². The molecule has 0 aliphatic carbocycles. The Morgan fingerprint density at radius 2 is 2.24 bits per heavy atom. The van der Waals surface area contributed by atoms with Gasteiger partial charge in [-0.1, -0.05) is 6.07 Å². The summed E-state index contributed by atoms with van der Waals surface area (Å²) in [5.74, 6) is 0.542. The lowest BCUT2D eigenvalue weighted by Crippen LogP contribution is -2.44. The molecule has 3 atom stereocenters. The van der Waals surface area contributed by atoms with Crippen molar-refractivity contribution in [3.8, 4) is 5.88 Å². The van der Waals surface area contributed by atoms with Gasteiger partial charge in [0.1, 0.15) is 6.23 Å².